The number of benzene rings is 2. The quantitative estimate of drug-likeness (QED) is 0.536. The molecular formula is C24H26FN3OS. The van der Waals surface area contributed by atoms with E-state index < -0.39 is 0 Å². The third-order valence-electron chi connectivity index (χ3n) is 5.63. The van der Waals surface area contributed by atoms with Crippen LogP contribution in [0.4, 0.5) is 10.1 Å². The predicted molar refractivity (Wildman–Crippen MR) is 119 cm³/mol. The number of thiazole rings is 1. The number of carbonyl (C=O) groups excluding carboxylic acids is 1. The van der Waals surface area contributed by atoms with Crippen molar-refractivity contribution in [1.82, 2.24) is 9.47 Å². The molecule has 30 heavy (non-hydrogen) atoms. The zero-order chi connectivity index (χ0) is 21.1. The van der Waals surface area contributed by atoms with Crippen molar-refractivity contribution >= 4 is 22.9 Å². The van der Waals surface area contributed by atoms with E-state index in [1.165, 1.54) is 23.3 Å². The highest BCUT2D eigenvalue weighted by Crippen LogP contribution is 2.23. The highest BCUT2D eigenvalue weighted by Gasteiger charge is 2.19. The molecule has 0 N–H and O–H groups in total. The van der Waals surface area contributed by atoms with Crippen LogP contribution in [0.3, 0.4) is 0 Å². The van der Waals surface area contributed by atoms with Crippen molar-refractivity contribution in [2.45, 2.75) is 39.7 Å². The highest BCUT2D eigenvalue weighted by atomic mass is 32.1. The third kappa shape index (κ3) is 4.54. The van der Waals surface area contributed by atoms with Gasteiger partial charge in [-0.15, -0.1) is 11.3 Å². The molecule has 1 fully saturated rings. The first-order valence-electron chi connectivity index (χ1n) is 10.4. The second kappa shape index (κ2) is 8.96. The van der Waals surface area contributed by atoms with Gasteiger partial charge in [-0.05, 0) is 79.8 Å². The van der Waals surface area contributed by atoms with Crippen LogP contribution in [-0.4, -0.2) is 28.5 Å². The van der Waals surface area contributed by atoms with E-state index in [0.717, 1.165) is 54.2 Å². The number of carbonyl (C=O) groups is 1. The maximum absolute atomic E-state index is 13.4. The zero-order valence-electron chi connectivity index (χ0n) is 17.4. The van der Waals surface area contributed by atoms with Gasteiger partial charge in [-0.3, -0.25) is 4.79 Å². The average Bonchev–Trinajstić information content (AvgIpc) is 3.32. The van der Waals surface area contributed by atoms with Crippen molar-refractivity contribution in [1.29, 1.82) is 0 Å². The molecule has 0 bridgehead atoms. The van der Waals surface area contributed by atoms with Gasteiger partial charge < -0.3 is 9.47 Å². The van der Waals surface area contributed by atoms with Crippen LogP contribution >= 0.6 is 11.3 Å². The second-order valence-corrected chi connectivity index (χ2v) is 8.62. The van der Waals surface area contributed by atoms with Crippen LogP contribution in [0.25, 0.3) is 11.3 Å². The molecule has 4 nitrogen and oxygen atoms in total. The first kappa shape index (κ1) is 20.5. The topological polar surface area (TPSA) is 37.6 Å². The molecule has 1 aliphatic rings. The molecule has 2 heterocycles. The Morgan fingerprint density at radius 1 is 1.07 bits per heavy atom. The van der Waals surface area contributed by atoms with Gasteiger partial charge in [0, 0.05) is 31.4 Å². The fraction of sp³-hybridized carbons (Fsp3) is 0.333. The van der Waals surface area contributed by atoms with E-state index >= 15 is 0 Å². The molecule has 3 aromatic rings. The number of aryl methyl sites for hydroxylation is 2. The SMILES string of the molecule is Cc1ccc(N=c2scc(-c3ccc(F)cc3)n2CCCN2CCCC2=O)cc1C. The number of halogens is 1. The molecule has 0 spiro atoms. The summed E-state index contributed by atoms with van der Waals surface area (Å²) in [5.41, 5.74) is 5.37. The molecule has 0 radical (unpaired) electrons. The fourth-order valence-corrected chi connectivity index (χ4v) is 4.71. The lowest BCUT2D eigenvalue weighted by Crippen LogP contribution is -2.27. The van der Waals surface area contributed by atoms with Crippen LogP contribution in [0.2, 0.25) is 0 Å². The number of rotatable bonds is 6. The van der Waals surface area contributed by atoms with Crippen LogP contribution in [0.5, 0.6) is 0 Å². The van der Waals surface area contributed by atoms with Crippen molar-refractivity contribution in [3.8, 4) is 11.3 Å². The normalized spacial score (nSPS) is 14.7. The van der Waals surface area contributed by atoms with Crippen molar-refractivity contribution in [2.24, 2.45) is 4.99 Å². The lowest BCUT2D eigenvalue weighted by Gasteiger charge is -2.16. The van der Waals surface area contributed by atoms with E-state index in [1.54, 1.807) is 23.5 Å². The molecule has 0 saturated carbocycles. The van der Waals surface area contributed by atoms with Crippen molar-refractivity contribution in [2.75, 3.05) is 13.1 Å². The first-order chi connectivity index (χ1) is 14.5. The maximum atomic E-state index is 13.4. The Bertz CT molecular complexity index is 1110. The number of amides is 1. The highest BCUT2D eigenvalue weighted by molar-refractivity contribution is 7.07. The Labute approximate surface area is 180 Å². The average molecular weight is 424 g/mol. The predicted octanol–water partition coefficient (Wildman–Crippen LogP) is 5.22. The number of hydrogen-bond donors (Lipinski definition) is 0. The maximum Gasteiger partial charge on any atom is 0.222 e. The molecular weight excluding hydrogens is 397 g/mol. The Hall–Kier alpha value is -2.73. The van der Waals surface area contributed by atoms with E-state index in [0.29, 0.717) is 6.42 Å². The summed E-state index contributed by atoms with van der Waals surface area (Å²) in [7, 11) is 0. The minimum atomic E-state index is -0.242. The summed E-state index contributed by atoms with van der Waals surface area (Å²) in [6.07, 6.45) is 2.48. The number of hydrogen-bond acceptors (Lipinski definition) is 3. The molecule has 0 aliphatic carbocycles. The summed E-state index contributed by atoms with van der Waals surface area (Å²) in [5, 5.41) is 2.08. The Morgan fingerprint density at radius 3 is 2.57 bits per heavy atom. The second-order valence-electron chi connectivity index (χ2n) is 7.78. The lowest BCUT2D eigenvalue weighted by atomic mass is 10.1. The molecule has 1 aromatic heterocycles. The lowest BCUT2D eigenvalue weighted by molar-refractivity contribution is -0.127. The summed E-state index contributed by atoms with van der Waals surface area (Å²) in [4.78, 5) is 19.7. The molecule has 6 heteroatoms. The molecule has 1 saturated heterocycles. The van der Waals surface area contributed by atoms with E-state index in [-0.39, 0.29) is 11.7 Å². The molecule has 0 atom stereocenters. The zero-order valence-corrected chi connectivity index (χ0v) is 18.2. The summed E-state index contributed by atoms with van der Waals surface area (Å²) in [6.45, 7) is 6.56. The fourth-order valence-electron chi connectivity index (χ4n) is 3.75. The number of nitrogens with zero attached hydrogens (tertiary/aromatic N) is 3. The molecule has 4 rings (SSSR count). The van der Waals surface area contributed by atoms with E-state index in [1.807, 2.05) is 11.0 Å². The van der Waals surface area contributed by atoms with Gasteiger partial charge in [0.25, 0.3) is 0 Å². The number of aromatic nitrogens is 1. The van der Waals surface area contributed by atoms with Gasteiger partial charge in [-0.1, -0.05) is 6.07 Å². The van der Waals surface area contributed by atoms with Crippen LogP contribution in [0.15, 0.2) is 52.8 Å². The minimum Gasteiger partial charge on any atom is -0.343 e. The summed E-state index contributed by atoms with van der Waals surface area (Å²) in [6, 6.07) is 12.8. The minimum absolute atomic E-state index is 0.242. The van der Waals surface area contributed by atoms with E-state index in [9.17, 15) is 9.18 Å². The van der Waals surface area contributed by atoms with E-state index in [4.69, 9.17) is 4.99 Å². The van der Waals surface area contributed by atoms with Gasteiger partial charge in [0.15, 0.2) is 4.80 Å². The van der Waals surface area contributed by atoms with Crippen molar-refractivity contribution in [3.63, 3.8) is 0 Å². The van der Waals surface area contributed by atoms with Gasteiger partial charge in [0.2, 0.25) is 5.91 Å². The Morgan fingerprint density at radius 2 is 1.87 bits per heavy atom. The molecule has 156 valence electrons. The largest absolute Gasteiger partial charge is 0.343 e. The van der Waals surface area contributed by atoms with Gasteiger partial charge in [-0.2, -0.15) is 0 Å². The third-order valence-corrected chi connectivity index (χ3v) is 6.50. The van der Waals surface area contributed by atoms with Crippen molar-refractivity contribution < 1.29 is 9.18 Å². The smallest absolute Gasteiger partial charge is 0.222 e. The van der Waals surface area contributed by atoms with Gasteiger partial charge >= 0.3 is 0 Å². The van der Waals surface area contributed by atoms with E-state index in [2.05, 4.69) is 35.9 Å². The summed E-state index contributed by atoms with van der Waals surface area (Å²) < 4.78 is 15.6. The Kier molecular flexibility index (Phi) is 6.13. The monoisotopic (exact) mass is 423 g/mol. The van der Waals surface area contributed by atoms with Crippen LogP contribution < -0.4 is 4.80 Å². The summed E-state index contributed by atoms with van der Waals surface area (Å²) in [5.74, 6) is 0.0113. The van der Waals surface area contributed by atoms with Gasteiger partial charge in [-0.25, -0.2) is 9.38 Å². The Balaban J connectivity index is 1.66. The van der Waals surface area contributed by atoms with Crippen LogP contribution in [-0.2, 0) is 11.3 Å². The first-order valence-corrected chi connectivity index (χ1v) is 11.2. The van der Waals surface area contributed by atoms with Crippen molar-refractivity contribution in [3.05, 3.63) is 69.6 Å². The van der Waals surface area contributed by atoms with Crippen LogP contribution in [0.1, 0.15) is 30.4 Å². The summed E-state index contributed by atoms with van der Waals surface area (Å²) >= 11 is 1.59. The molecule has 0 unspecified atom stereocenters. The van der Waals surface area contributed by atoms with Gasteiger partial charge in [0.1, 0.15) is 5.82 Å². The molecule has 2 aromatic carbocycles. The molecule has 1 aliphatic heterocycles. The number of likely N-dealkylation sites (tertiary alicyclic amines) is 1. The van der Waals surface area contributed by atoms with Gasteiger partial charge in [0.05, 0.1) is 11.4 Å². The van der Waals surface area contributed by atoms with Crippen LogP contribution in [0, 0.1) is 19.7 Å². The standard InChI is InChI=1S/C24H26FN3OS/c1-17-6-11-21(15-18(17)2)26-24-28(14-4-13-27-12-3-5-23(27)29)22(16-30-24)19-7-9-20(25)10-8-19/h6-11,15-16H,3-5,12-14H2,1-2H3. The molecule has 1 amide bonds.